The van der Waals surface area contributed by atoms with E-state index >= 15 is 0 Å². The molecule has 3 heterocycles. The number of hydrogen-bond donors (Lipinski definition) is 2. The topological polar surface area (TPSA) is 79.8 Å². The van der Waals surface area contributed by atoms with Crippen LogP contribution in [-0.4, -0.2) is 20.4 Å². The number of H-pyrrole nitrogens is 1. The van der Waals surface area contributed by atoms with Crippen LogP contribution in [0.1, 0.15) is 11.6 Å². The van der Waals surface area contributed by atoms with Crippen LogP contribution in [0.2, 0.25) is 0 Å². The van der Waals surface area contributed by atoms with E-state index in [2.05, 4.69) is 10.3 Å². The maximum atomic E-state index is 13.6. The number of nitrogens with one attached hydrogen (secondary N) is 2. The molecule has 0 fully saturated rings. The van der Waals surface area contributed by atoms with E-state index in [9.17, 15) is 9.59 Å². The zero-order valence-electron chi connectivity index (χ0n) is 16.5. The summed E-state index contributed by atoms with van der Waals surface area (Å²) >= 11 is 0. The van der Waals surface area contributed by atoms with Gasteiger partial charge in [0.2, 0.25) is 5.91 Å². The monoisotopic (exact) mass is 406 g/mol. The largest absolute Gasteiger partial charge is 0.361 e. The second kappa shape index (κ2) is 6.67. The van der Waals surface area contributed by atoms with Gasteiger partial charge in [0.25, 0.3) is 5.56 Å². The number of fused-ring (bicyclic) bond motifs is 5. The Labute approximate surface area is 177 Å². The molecule has 0 saturated carbocycles. The minimum absolute atomic E-state index is 0.211. The second-order valence-electron chi connectivity index (χ2n) is 7.74. The van der Waals surface area contributed by atoms with Crippen LogP contribution >= 0.6 is 0 Å². The molecule has 31 heavy (non-hydrogen) atoms. The number of nitrogens with zero attached hydrogens (tertiary/aromatic N) is 2. The lowest BCUT2D eigenvalue weighted by Gasteiger charge is -2.19. The third-order valence-corrected chi connectivity index (χ3v) is 5.94. The Bertz CT molecular complexity index is 1550. The quantitative estimate of drug-likeness (QED) is 0.459. The zero-order chi connectivity index (χ0) is 20.9. The van der Waals surface area contributed by atoms with Gasteiger partial charge in [-0.25, -0.2) is 4.98 Å². The van der Waals surface area contributed by atoms with E-state index < -0.39 is 6.04 Å². The van der Waals surface area contributed by atoms with Crippen LogP contribution in [0.4, 0.5) is 5.69 Å². The summed E-state index contributed by atoms with van der Waals surface area (Å²) in [5.41, 5.74) is 3.78. The summed E-state index contributed by atoms with van der Waals surface area (Å²) in [5.74, 6) is 0.276. The van der Waals surface area contributed by atoms with E-state index in [4.69, 9.17) is 4.98 Å². The lowest BCUT2D eigenvalue weighted by atomic mass is 10.0. The molecule has 0 bridgehead atoms. The van der Waals surface area contributed by atoms with Gasteiger partial charge >= 0.3 is 0 Å². The highest BCUT2D eigenvalue weighted by molar-refractivity contribution is 6.00. The van der Waals surface area contributed by atoms with Gasteiger partial charge in [-0.15, -0.1) is 0 Å². The number of anilines is 1. The number of aromatic amines is 1. The zero-order valence-corrected chi connectivity index (χ0v) is 16.5. The van der Waals surface area contributed by atoms with Crippen molar-refractivity contribution in [1.82, 2.24) is 14.5 Å². The van der Waals surface area contributed by atoms with Crippen LogP contribution in [0, 0.1) is 0 Å². The Hall–Kier alpha value is -4.19. The van der Waals surface area contributed by atoms with Crippen molar-refractivity contribution in [2.45, 2.75) is 12.5 Å². The minimum atomic E-state index is -0.730. The molecule has 5 aromatic rings. The third-order valence-electron chi connectivity index (χ3n) is 5.94. The first-order chi connectivity index (χ1) is 15.2. The fraction of sp³-hybridized carbons (Fsp3) is 0.0800. The number of para-hydroxylation sites is 3. The van der Waals surface area contributed by atoms with Crippen LogP contribution in [0.15, 0.2) is 83.8 Å². The molecule has 0 saturated heterocycles. The summed E-state index contributed by atoms with van der Waals surface area (Å²) < 4.78 is 1.56. The van der Waals surface area contributed by atoms with E-state index in [1.165, 1.54) is 0 Å². The van der Waals surface area contributed by atoms with E-state index in [0.717, 1.165) is 22.0 Å². The van der Waals surface area contributed by atoms with Crippen molar-refractivity contribution in [3.05, 3.63) is 94.9 Å². The van der Waals surface area contributed by atoms with Gasteiger partial charge in [0, 0.05) is 29.1 Å². The van der Waals surface area contributed by atoms with Crippen LogP contribution in [0.5, 0.6) is 0 Å². The van der Waals surface area contributed by atoms with Gasteiger partial charge in [-0.2, -0.15) is 0 Å². The summed E-state index contributed by atoms with van der Waals surface area (Å²) in [6.45, 7) is 0. The molecule has 1 unspecified atom stereocenters. The molecular weight excluding hydrogens is 388 g/mol. The second-order valence-corrected chi connectivity index (χ2v) is 7.74. The maximum absolute atomic E-state index is 13.6. The van der Waals surface area contributed by atoms with Crippen LogP contribution < -0.4 is 10.9 Å². The van der Waals surface area contributed by atoms with Crippen molar-refractivity contribution in [3.63, 3.8) is 0 Å². The molecule has 3 aromatic carbocycles. The van der Waals surface area contributed by atoms with E-state index in [-0.39, 0.29) is 11.5 Å². The molecule has 0 aliphatic carbocycles. The predicted octanol–water partition coefficient (Wildman–Crippen LogP) is 4.28. The van der Waals surface area contributed by atoms with Crippen molar-refractivity contribution in [3.8, 4) is 11.4 Å². The van der Waals surface area contributed by atoms with Crippen LogP contribution in [0.25, 0.3) is 33.2 Å². The van der Waals surface area contributed by atoms with Crippen molar-refractivity contribution in [2.75, 3.05) is 5.32 Å². The maximum Gasteiger partial charge on any atom is 0.262 e. The molecule has 1 aliphatic rings. The molecule has 1 aliphatic heterocycles. The Kier molecular flexibility index (Phi) is 3.80. The molecule has 6 nitrogen and oxygen atoms in total. The molecule has 2 N–H and O–H groups in total. The highest BCUT2D eigenvalue weighted by Crippen LogP contribution is 2.34. The van der Waals surface area contributed by atoms with Crippen molar-refractivity contribution >= 4 is 33.4 Å². The minimum Gasteiger partial charge on any atom is -0.361 e. The molecule has 2 aromatic heterocycles. The fourth-order valence-corrected chi connectivity index (χ4v) is 4.44. The molecule has 1 atom stereocenters. The summed E-state index contributed by atoms with van der Waals surface area (Å²) in [6, 6.07) is 22.0. The first kappa shape index (κ1) is 17.7. The molecule has 150 valence electrons. The van der Waals surface area contributed by atoms with Crippen LogP contribution in [-0.2, 0) is 11.2 Å². The average Bonchev–Trinajstić information content (AvgIpc) is 3.16. The van der Waals surface area contributed by atoms with E-state index in [0.29, 0.717) is 28.8 Å². The number of benzene rings is 3. The predicted molar refractivity (Wildman–Crippen MR) is 121 cm³/mol. The standard InChI is InChI=1S/C25H18N4O2/c30-24-22(13-15-14-26-19-10-4-1-7-16(15)19)29-23(17-8-2-5-11-20(17)28-24)27-21-12-6-3-9-18(21)25(29)31/h1-12,14,22,26H,13H2,(H,28,30). The van der Waals surface area contributed by atoms with Gasteiger partial charge in [0.15, 0.2) is 0 Å². The molecule has 0 radical (unpaired) electrons. The fourth-order valence-electron chi connectivity index (χ4n) is 4.44. The Morgan fingerprint density at radius 2 is 1.61 bits per heavy atom. The average molecular weight is 406 g/mol. The normalized spacial score (nSPS) is 15.4. The van der Waals surface area contributed by atoms with Gasteiger partial charge in [-0.1, -0.05) is 42.5 Å². The number of amides is 1. The van der Waals surface area contributed by atoms with Crippen LogP contribution in [0.3, 0.4) is 0 Å². The Morgan fingerprint density at radius 3 is 2.52 bits per heavy atom. The molecule has 1 amide bonds. The van der Waals surface area contributed by atoms with E-state index in [1.54, 1.807) is 10.6 Å². The highest BCUT2D eigenvalue weighted by Gasteiger charge is 2.31. The lowest BCUT2D eigenvalue weighted by Crippen LogP contribution is -2.34. The van der Waals surface area contributed by atoms with Gasteiger partial charge in [0.05, 0.1) is 16.6 Å². The van der Waals surface area contributed by atoms with Crippen molar-refractivity contribution in [1.29, 1.82) is 0 Å². The number of carbonyl (C=O) groups is 1. The summed E-state index contributed by atoms with van der Waals surface area (Å²) in [7, 11) is 0. The molecule has 6 heteroatoms. The Balaban J connectivity index is 1.63. The Morgan fingerprint density at radius 1 is 0.871 bits per heavy atom. The summed E-state index contributed by atoms with van der Waals surface area (Å²) in [6.07, 6.45) is 2.28. The van der Waals surface area contributed by atoms with E-state index in [1.807, 2.05) is 72.9 Å². The molecule has 0 spiro atoms. The third kappa shape index (κ3) is 2.69. The van der Waals surface area contributed by atoms with Gasteiger partial charge < -0.3 is 10.3 Å². The summed E-state index contributed by atoms with van der Waals surface area (Å²) in [5, 5.41) is 4.56. The smallest absolute Gasteiger partial charge is 0.262 e. The first-order valence-electron chi connectivity index (χ1n) is 10.2. The number of hydrogen-bond acceptors (Lipinski definition) is 3. The number of rotatable bonds is 2. The lowest BCUT2D eigenvalue weighted by molar-refractivity contribution is -0.119. The highest BCUT2D eigenvalue weighted by atomic mass is 16.2. The van der Waals surface area contributed by atoms with Gasteiger partial charge in [-0.05, 0) is 35.9 Å². The number of aromatic nitrogens is 3. The van der Waals surface area contributed by atoms with Crippen molar-refractivity contribution < 1.29 is 4.79 Å². The molecule has 6 rings (SSSR count). The van der Waals surface area contributed by atoms with Gasteiger partial charge in [-0.3, -0.25) is 14.2 Å². The van der Waals surface area contributed by atoms with Crippen molar-refractivity contribution in [2.24, 2.45) is 0 Å². The SMILES string of the molecule is O=C1Nc2ccccc2-c2nc3ccccc3c(=O)n2C1Cc1c[nH]c2ccccc12. The first-order valence-corrected chi connectivity index (χ1v) is 10.2. The van der Waals surface area contributed by atoms with Gasteiger partial charge in [0.1, 0.15) is 11.9 Å². The molecular formula is C25H18N4O2. The summed E-state index contributed by atoms with van der Waals surface area (Å²) in [4.78, 5) is 35.1. The number of carbonyl (C=O) groups excluding carboxylic acids is 1.